The van der Waals surface area contributed by atoms with Crippen LogP contribution in [0.3, 0.4) is 0 Å². The van der Waals surface area contributed by atoms with E-state index in [1.165, 1.54) is 4.90 Å². The van der Waals surface area contributed by atoms with Gasteiger partial charge in [0.25, 0.3) is 6.43 Å². The van der Waals surface area contributed by atoms with Crippen molar-refractivity contribution in [2.45, 2.75) is 20.0 Å². The standard InChI is InChI=1S/C10H14F2N2O/c1-7-3-8(6-15)4-10(13-7)14(2)5-9(11)12/h3-4,9,15H,5-6H2,1-2H3. The van der Waals surface area contributed by atoms with Gasteiger partial charge < -0.3 is 10.0 Å². The fraction of sp³-hybridized carbons (Fsp3) is 0.500. The summed E-state index contributed by atoms with van der Waals surface area (Å²) < 4.78 is 24.3. The van der Waals surface area contributed by atoms with E-state index in [0.717, 1.165) is 0 Å². The number of aliphatic hydroxyl groups excluding tert-OH is 1. The highest BCUT2D eigenvalue weighted by Gasteiger charge is 2.10. The summed E-state index contributed by atoms with van der Waals surface area (Å²) in [6.07, 6.45) is -2.39. The van der Waals surface area contributed by atoms with Gasteiger partial charge >= 0.3 is 0 Å². The Labute approximate surface area is 87.4 Å². The van der Waals surface area contributed by atoms with Gasteiger partial charge in [-0.2, -0.15) is 0 Å². The fourth-order valence-electron chi connectivity index (χ4n) is 1.31. The minimum atomic E-state index is -2.39. The zero-order chi connectivity index (χ0) is 11.4. The molecule has 0 aliphatic carbocycles. The first kappa shape index (κ1) is 11.8. The zero-order valence-corrected chi connectivity index (χ0v) is 8.74. The lowest BCUT2D eigenvalue weighted by atomic mass is 10.2. The second-order valence-corrected chi connectivity index (χ2v) is 3.40. The zero-order valence-electron chi connectivity index (χ0n) is 8.74. The van der Waals surface area contributed by atoms with E-state index < -0.39 is 6.43 Å². The third kappa shape index (κ3) is 3.43. The molecule has 84 valence electrons. The maximum Gasteiger partial charge on any atom is 0.255 e. The maximum absolute atomic E-state index is 12.1. The lowest BCUT2D eigenvalue weighted by molar-refractivity contribution is 0.156. The fourth-order valence-corrected chi connectivity index (χ4v) is 1.31. The first-order valence-electron chi connectivity index (χ1n) is 4.60. The van der Waals surface area contributed by atoms with Gasteiger partial charge in [0.05, 0.1) is 13.2 Å². The number of nitrogens with zero attached hydrogens (tertiary/aromatic N) is 2. The molecule has 1 N–H and O–H groups in total. The highest BCUT2D eigenvalue weighted by Crippen LogP contribution is 2.14. The lowest BCUT2D eigenvalue weighted by Gasteiger charge is -2.18. The van der Waals surface area contributed by atoms with Crippen molar-refractivity contribution in [3.8, 4) is 0 Å². The third-order valence-electron chi connectivity index (χ3n) is 1.99. The third-order valence-corrected chi connectivity index (χ3v) is 1.99. The maximum atomic E-state index is 12.1. The Morgan fingerprint density at radius 1 is 1.47 bits per heavy atom. The average Bonchev–Trinajstić information content (AvgIpc) is 2.15. The molecule has 0 aliphatic heterocycles. The van der Waals surface area contributed by atoms with E-state index in [1.54, 1.807) is 26.1 Å². The van der Waals surface area contributed by atoms with Crippen molar-refractivity contribution in [2.75, 3.05) is 18.5 Å². The Morgan fingerprint density at radius 2 is 2.13 bits per heavy atom. The van der Waals surface area contributed by atoms with Crippen molar-refractivity contribution in [1.29, 1.82) is 0 Å². The molecule has 0 radical (unpaired) electrons. The molecule has 5 heteroatoms. The van der Waals surface area contributed by atoms with E-state index >= 15 is 0 Å². The van der Waals surface area contributed by atoms with Gasteiger partial charge in [-0.15, -0.1) is 0 Å². The van der Waals surface area contributed by atoms with Crippen LogP contribution in [0.4, 0.5) is 14.6 Å². The molecule has 0 fully saturated rings. The normalized spacial score (nSPS) is 10.8. The number of halogens is 2. The van der Waals surface area contributed by atoms with Crippen molar-refractivity contribution in [3.63, 3.8) is 0 Å². The lowest BCUT2D eigenvalue weighted by Crippen LogP contribution is -2.25. The van der Waals surface area contributed by atoms with Gasteiger partial charge in [-0.3, -0.25) is 0 Å². The van der Waals surface area contributed by atoms with E-state index in [-0.39, 0.29) is 13.2 Å². The summed E-state index contributed by atoms with van der Waals surface area (Å²) in [5.74, 6) is 0.458. The van der Waals surface area contributed by atoms with Gasteiger partial charge in [-0.25, -0.2) is 13.8 Å². The molecule has 1 aromatic rings. The van der Waals surface area contributed by atoms with Gasteiger partial charge in [0.2, 0.25) is 0 Å². The van der Waals surface area contributed by atoms with Crippen LogP contribution >= 0.6 is 0 Å². The van der Waals surface area contributed by atoms with Crippen LogP contribution in [-0.2, 0) is 6.61 Å². The first-order valence-corrected chi connectivity index (χ1v) is 4.60. The summed E-state index contributed by atoms with van der Waals surface area (Å²) in [4.78, 5) is 5.49. The van der Waals surface area contributed by atoms with Gasteiger partial charge in [-0.1, -0.05) is 0 Å². The summed E-state index contributed by atoms with van der Waals surface area (Å²) in [5, 5.41) is 8.96. The Bertz CT molecular complexity index is 331. The van der Waals surface area contributed by atoms with Gasteiger partial charge in [0, 0.05) is 12.7 Å². The Morgan fingerprint density at radius 3 is 2.67 bits per heavy atom. The summed E-state index contributed by atoms with van der Waals surface area (Å²) in [6.45, 7) is 1.29. The van der Waals surface area contributed by atoms with Crippen molar-refractivity contribution >= 4 is 5.82 Å². The SMILES string of the molecule is Cc1cc(CO)cc(N(C)CC(F)F)n1. The molecule has 0 saturated carbocycles. The van der Waals surface area contributed by atoms with Crippen LogP contribution in [-0.4, -0.2) is 30.1 Å². The smallest absolute Gasteiger partial charge is 0.255 e. The van der Waals surface area contributed by atoms with Gasteiger partial charge in [0.1, 0.15) is 5.82 Å². The molecule has 0 spiro atoms. The van der Waals surface area contributed by atoms with E-state index in [9.17, 15) is 8.78 Å². The molecule has 0 unspecified atom stereocenters. The highest BCUT2D eigenvalue weighted by atomic mass is 19.3. The molecule has 0 saturated heterocycles. The first-order chi connectivity index (χ1) is 7.02. The Kier molecular flexibility index (Phi) is 3.96. The summed E-state index contributed by atoms with van der Waals surface area (Å²) in [6, 6.07) is 3.33. The number of aryl methyl sites for hydroxylation is 1. The summed E-state index contributed by atoms with van der Waals surface area (Å²) in [7, 11) is 1.55. The summed E-state index contributed by atoms with van der Waals surface area (Å²) in [5.41, 5.74) is 1.39. The van der Waals surface area contributed by atoms with E-state index in [1.807, 2.05) is 0 Å². The van der Waals surface area contributed by atoms with Crippen LogP contribution < -0.4 is 4.90 Å². The van der Waals surface area contributed by atoms with Crippen LogP contribution in [0.1, 0.15) is 11.3 Å². The minimum Gasteiger partial charge on any atom is -0.392 e. The number of rotatable bonds is 4. The van der Waals surface area contributed by atoms with Crippen LogP contribution in [0.25, 0.3) is 0 Å². The minimum absolute atomic E-state index is 0.112. The van der Waals surface area contributed by atoms with Crippen LogP contribution in [0.5, 0.6) is 0 Å². The van der Waals surface area contributed by atoms with Crippen molar-refractivity contribution < 1.29 is 13.9 Å². The Balaban J connectivity index is 2.88. The molecule has 1 aromatic heterocycles. The van der Waals surface area contributed by atoms with E-state index in [0.29, 0.717) is 17.1 Å². The van der Waals surface area contributed by atoms with Crippen molar-refractivity contribution in [2.24, 2.45) is 0 Å². The molecule has 0 bridgehead atoms. The van der Waals surface area contributed by atoms with Gasteiger partial charge in [0.15, 0.2) is 0 Å². The Hall–Kier alpha value is -1.23. The number of alkyl halides is 2. The summed E-state index contributed by atoms with van der Waals surface area (Å²) >= 11 is 0. The van der Waals surface area contributed by atoms with Crippen molar-refractivity contribution in [1.82, 2.24) is 4.98 Å². The highest BCUT2D eigenvalue weighted by molar-refractivity contribution is 5.41. The number of aliphatic hydroxyl groups is 1. The average molecular weight is 216 g/mol. The molecule has 1 heterocycles. The second kappa shape index (κ2) is 5.02. The molecule has 0 aromatic carbocycles. The monoisotopic (exact) mass is 216 g/mol. The topological polar surface area (TPSA) is 36.4 Å². The molecule has 0 amide bonds. The van der Waals surface area contributed by atoms with E-state index in [2.05, 4.69) is 4.98 Å². The predicted octanol–water partition coefficient (Wildman–Crippen LogP) is 1.58. The number of hydrogen-bond donors (Lipinski definition) is 1. The predicted molar refractivity (Wildman–Crippen MR) is 54.2 cm³/mol. The number of hydrogen-bond acceptors (Lipinski definition) is 3. The second-order valence-electron chi connectivity index (χ2n) is 3.40. The van der Waals surface area contributed by atoms with Crippen LogP contribution in [0, 0.1) is 6.92 Å². The van der Waals surface area contributed by atoms with E-state index in [4.69, 9.17) is 5.11 Å². The van der Waals surface area contributed by atoms with Gasteiger partial charge in [-0.05, 0) is 24.6 Å². The quantitative estimate of drug-likeness (QED) is 0.830. The van der Waals surface area contributed by atoms with Crippen molar-refractivity contribution in [3.05, 3.63) is 23.4 Å². The molecular formula is C10H14F2N2O. The number of aromatic nitrogens is 1. The molecule has 15 heavy (non-hydrogen) atoms. The molecule has 0 atom stereocenters. The molecule has 1 rings (SSSR count). The molecular weight excluding hydrogens is 202 g/mol. The van der Waals surface area contributed by atoms with Crippen LogP contribution in [0.2, 0.25) is 0 Å². The van der Waals surface area contributed by atoms with Crippen LogP contribution in [0.15, 0.2) is 12.1 Å². The molecule has 0 aliphatic rings. The number of anilines is 1. The largest absolute Gasteiger partial charge is 0.392 e. The number of pyridine rings is 1. The molecule has 3 nitrogen and oxygen atoms in total.